The maximum atomic E-state index is 13.0. The first-order valence-corrected chi connectivity index (χ1v) is 11.7. The summed E-state index contributed by atoms with van der Waals surface area (Å²) in [5.41, 5.74) is -0.0124. The lowest BCUT2D eigenvalue weighted by molar-refractivity contribution is -0.141. The Balaban J connectivity index is 1.55. The van der Waals surface area contributed by atoms with Crippen LogP contribution in [0.3, 0.4) is 0 Å². The number of nitrogens with zero attached hydrogens (tertiary/aromatic N) is 4. The number of methoxy groups -OCH3 is 1. The van der Waals surface area contributed by atoms with E-state index in [1.54, 1.807) is 23.2 Å². The van der Waals surface area contributed by atoms with E-state index in [4.69, 9.17) is 4.74 Å². The van der Waals surface area contributed by atoms with Crippen LogP contribution in [0.4, 0.5) is 29.6 Å². The fourth-order valence-electron chi connectivity index (χ4n) is 3.97. The van der Waals surface area contributed by atoms with Crippen molar-refractivity contribution in [2.75, 3.05) is 25.5 Å². The van der Waals surface area contributed by atoms with Crippen molar-refractivity contribution in [3.63, 3.8) is 0 Å². The number of thiazole rings is 1. The average Bonchev–Trinajstić information content (AvgIpc) is 3.23. The van der Waals surface area contributed by atoms with Crippen LogP contribution in [0.1, 0.15) is 35.5 Å². The second-order valence-corrected chi connectivity index (χ2v) is 9.38. The van der Waals surface area contributed by atoms with Gasteiger partial charge in [-0.25, -0.2) is 19.7 Å². The molecule has 4 rings (SSSR count). The fraction of sp³-hybridized carbons (Fsp3) is 0.391. The molecule has 3 heterocycles. The number of aromatic nitrogens is 3. The molecule has 8 nitrogen and oxygen atoms in total. The summed E-state index contributed by atoms with van der Waals surface area (Å²) in [5, 5.41) is 14.7. The van der Waals surface area contributed by atoms with E-state index in [-0.39, 0.29) is 5.95 Å². The Morgan fingerprint density at radius 1 is 1.23 bits per heavy atom. The van der Waals surface area contributed by atoms with Crippen LogP contribution in [0.25, 0.3) is 10.4 Å². The van der Waals surface area contributed by atoms with E-state index < -0.39 is 23.6 Å². The van der Waals surface area contributed by atoms with Crippen molar-refractivity contribution >= 4 is 29.1 Å². The number of amides is 1. The minimum atomic E-state index is -4.57. The van der Waals surface area contributed by atoms with Crippen molar-refractivity contribution in [2.45, 2.75) is 38.0 Å². The molecular formula is C23H24F3N5O3S. The van der Waals surface area contributed by atoms with Crippen molar-refractivity contribution < 1.29 is 27.8 Å². The van der Waals surface area contributed by atoms with E-state index in [1.165, 1.54) is 18.4 Å². The Morgan fingerprint density at radius 2 is 2.03 bits per heavy atom. The van der Waals surface area contributed by atoms with Crippen molar-refractivity contribution in [3.05, 3.63) is 52.9 Å². The van der Waals surface area contributed by atoms with Gasteiger partial charge >= 0.3 is 12.3 Å². The number of hydrogen-bond donors (Lipinski definition) is 2. The number of carbonyl (C=O) groups excluding carboxylic acids is 1. The molecule has 35 heavy (non-hydrogen) atoms. The van der Waals surface area contributed by atoms with Crippen LogP contribution in [-0.4, -0.2) is 51.3 Å². The summed E-state index contributed by atoms with van der Waals surface area (Å²) in [4.78, 5) is 26.1. The number of aliphatic hydroxyl groups is 1. The number of benzene rings is 1. The Morgan fingerprint density at radius 3 is 2.77 bits per heavy atom. The summed E-state index contributed by atoms with van der Waals surface area (Å²) in [5.74, 6) is -0.163. The van der Waals surface area contributed by atoms with E-state index >= 15 is 0 Å². The van der Waals surface area contributed by atoms with Crippen LogP contribution in [0.15, 0.2) is 36.7 Å². The van der Waals surface area contributed by atoms with Gasteiger partial charge in [0.1, 0.15) is 16.3 Å². The van der Waals surface area contributed by atoms with E-state index in [9.17, 15) is 23.1 Å². The zero-order valence-electron chi connectivity index (χ0n) is 19.1. The van der Waals surface area contributed by atoms with Gasteiger partial charge in [0.05, 0.1) is 12.0 Å². The predicted molar refractivity (Wildman–Crippen MR) is 124 cm³/mol. The lowest BCUT2D eigenvalue weighted by Gasteiger charge is -2.24. The number of alkyl halides is 3. The molecule has 1 fully saturated rings. The molecule has 1 amide bonds. The van der Waals surface area contributed by atoms with Gasteiger partial charge < -0.3 is 20.1 Å². The van der Waals surface area contributed by atoms with Crippen LogP contribution in [-0.2, 0) is 16.5 Å². The molecule has 1 aromatic carbocycles. The van der Waals surface area contributed by atoms with Gasteiger partial charge in [-0.05, 0) is 49.1 Å². The van der Waals surface area contributed by atoms with Gasteiger partial charge in [0.2, 0.25) is 5.95 Å². The van der Waals surface area contributed by atoms with E-state index in [1.807, 2.05) is 13.0 Å². The molecule has 1 aliphatic heterocycles. The highest BCUT2D eigenvalue weighted by Gasteiger charge is 2.36. The van der Waals surface area contributed by atoms with E-state index in [0.29, 0.717) is 43.0 Å². The molecule has 12 heteroatoms. The number of ether oxygens (including phenoxy) is 1. The first kappa shape index (κ1) is 24.9. The van der Waals surface area contributed by atoms with Crippen LogP contribution < -0.4 is 5.32 Å². The molecule has 1 unspecified atom stereocenters. The quantitative estimate of drug-likeness (QED) is 0.506. The van der Waals surface area contributed by atoms with Crippen LogP contribution >= 0.6 is 11.3 Å². The lowest BCUT2D eigenvalue weighted by atomic mass is 9.96. The zero-order chi connectivity index (χ0) is 25.2. The Kier molecular flexibility index (Phi) is 6.95. The summed E-state index contributed by atoms with van der Waals surface area (Å²) >= 11 is 1.34. The van der Waals surface area contributed by atoms with Gasteiger partial charge in [0.15, 0.2) is 0 Å². The van der Waals surface area contributed by atoms with E-state index in [2.05, 4.69) is 20.3 Å². The molecule has 3 aromatic rings. The van der Waals surface area contributed by atoms with Gasteiger partial charge in [0.25, 0.3) is 0 Å². The minimum absolute atomic E-state index is 0.163. The topological polar surface area (TPSA) is 100 Å². The zero-order valence-corrected chi connectivity index (χ0v) is 19.9. The summed E-state index contributed by atoms with van der Waals surface area (Å²) in [7, 11) is 1.33. The second-order valence-electron chi connectivity index (χ2n) is 8.35. The standard InChI is InChI=1S/C23H24F3N5O3S/c1-14-10-15(12-16(11-14)29-20-27-7-4-18(30-20)23(24,25)26)17-13-28-19(35-17)22(33)5-3-8-31(9-6-22)21(32)34-2/h4,7,10-13,33H,3,5-6,8-9H2,1-2H3,(H,27,29,30). The molecule has 2 aromatic heterocycles. The number of aryl methyl sites for hydroxylation is 1. The molecule has 1 atom stereocenters. The fourth-order valence-corrected chi connectivity index (χ4v) is 5.02. The van der Waals surface area contributed by atoms with Crippen molar-refractivity contribution in [1.29, 1.82) is 0 Å². The molecule has 2 N–H and O–H groups in total. The summed E-state index contributed by atoms with van der Waals surface area (Å²) in [6, 6.07) is 6.28. The van der Waals surface area contributed by atoms with Crippen LogP contribution in [0.5, 0.6) is 0 Å². The monoisotopic (exact) mass is 507 g/mol. The second kappa shape index (κ2) is 9.78. The summed E-state index contributed by atoms with van der Waals surface area (Å²) < 4.78 is 43.7. The molecule has 0 aliphatic carbocycles. The van der Waals surface area contributed by atoms with Gasteiger partial charge in [0, 0.05) is 37.6 Å². The third-order valence-corrected chi connectivity index (χ3v) is 6.95. The molecule has 0 spiro atoms. The minimum Gasteiger partial charge on any atom is -0.453 e. The highest BCUT2D eigenvalue weighted by atomic mass is 32.1. The maximum absolute atomic E-state index is 13.0. The SMILES string of the molecule is COC(=O)N1CCCC(O)(c2ncc(-c3cc(C)cc(Nc4nccc(C(F)(F)F)n4)c3)s2)CC1. The Labute approximate surface area is 203 Å². The first-order valence-electron chi connectivity index (χ1n) is 10.9. The highest BCUT2D eigenvalue weighted by Crippen LogP contribution is 2.39. The lowest BCUT2D eigenvalue weighted by Crippen LogP contribution is -2.33. The van der Waals surface area contributed by atoms with Gasteiger partial charge in [-0.1, -0.05) is 6.07 Å². The van der Waals surface area contributed by atoms with E-state index in [0.717, 1.165) is 28.3 Å². The number of likely N-dealkylation sites (tertiary alicyclic amines) is 1. The number of nitrogens with one attached hydrogen (secondary N) is 1. The summed E-state index contributed by atoms with van der Waals surface area (Å²) in [6.07, 6.45) is -0.861. The molecule has 1 saturated heterocycles. The van der Waals surface area contributed by atoms with Gasteiger partial charge in [-0.15, -0.1) is 11.3 Å². The number of rotatable bonds is 4. The smallest absolute Gasteiger partial charge is 0.433 e. The predicted octanol–water partition coefficient (Wildman–Crippen LogP) is 5.11. The molecule has 1 aliphatic rings. The first-order chi connectivity index (χ1) is 16.6. The van der Waals surface area contributed by atoms with Crippen molar-refractivity contribution in [3.8, 4) is 10.4 Å². The maximum Gasteiger partial charge on any atom is 0.433 e. The van der Waals surface area contributed by atoms with Gasteiger partial charge in [-0.2, -0.15) is 13.2 Å². The number of carbonyl (C=O) groups is 1. The van der Waals surface area contributed by atoms with Gasteiger partial charge in [-0.3, -0.25) is 0 Å². The van der Waals surface area contributed by atoms with Crippen LogP contribution in [0.2, 0.25) is 0 Å². The Hall–Kier alpha value is -3.25. The molecule has 0 bridgehead atoms. The normalized spacial score (nSPS) is 18.7. The third kappa shape index (κ3) is 5.70. The summed E-state index contributed by atoms with van der Waals surface area (Å²) in [6.45, 7) is 2.72. The molecular weight excluding hydrogens is 483 g/mol. The molecule has 186 valence electrons. The largest absolute Gasteiger partial charge is 0.453 e. The van der Waals surface area contributed by atoms with Crippen LogP contribution in [0, 0.1) is 6.92 Å². The Bertz CT molecular complexity index is 1220. The van der Waals surface area contributed by atoms with Crippen molar-refractivity contribution in [2.24, 2.45) is 0 Å². The third-order valence-electron chi connectivity index (χ3n) is 5.71. The van der Waals surface area contributed by atoms with Crippen molar-refractivity contribution in [1.82, 2.24) is 19.9 Å². The molecule has 0 saturated carbocycles. The number of anilines is 2. The number of halogens is 3. The highest BCUT2D eigenvalue weighted by molar-refractivity contribution is 7.15. The number of hydrogen-bond acceptors (Lipinski definition) is 8. The average molecular weight is 508 g/mol. The molecule has 0 radical (unpaired) electrons.